The molecular weight excluding hydrogens is 308 g/mol. The van der Waals surface area contributed by atoms with Crippen LogP contribution in [0.2, 0.25) is 5.02 Å². The van der Waals surface area contributed by atoms with E-state index in [1.54, 1.807) is 24.3 Å². The van der Waals surface area contributed by atoms with E-state index in [0.29, 0.717) is 28.6 Å². The number of nitro groups is 1. The number of hydrogen-bond acceptors (Lipinski definition) is 5. The van der Waals surface area contributed by atoms with E-state index in [9.17, 15) is 10.1 Å². The zero-order valence-electron chi connectivity index (χ0n) is 11.9. The third kappa shape index (κ3) is 3.66. The quantitative estimate of drug-likeness (QED) is 0.629. The number of ether oxygens (including phenoxy) is 1. The molecule has 0 bridgehead atoms. The summed E-state index contributed by atoms with van der Waals surface area (Å²) in [7, 11) is 1.53. The second kappa shape index (κ2) is 7.11. The number of benzene rings is 2. The van der Waals surface area contributed by atoms with Crippen molar-refractivity contribution in [2.24, 2.45) is 0 Å². The van der Waals surface area contributed by atoms with Gasteiger partial charge in [0.2, 0.25) is 0 Å². The molecule has 0 saturated carbocycles. The molecule has 0 aliphatic carbocycles. The molecule has 7 heteroatoms. The lowest BCUT2D eigenvalue weighted by molar-refractivity contribution is -0.384. The molecule has 0 saturated heterocycles. The lowest BCUT2D eigenvalue weighted by Crippen LogP contribution is -2.05. The Bertz CT molecular complexity index is 691. The summed E-state index contributed by atoms with van der Waals surface area (Å²) in [5, 5.41) is 23.8. The van der Waals surface area contributed by atoms with Crippen LogP contribution in [-0.2, 0) is 13.2 Å². The van der Waals surface area contributed by atoms with Gasteiger partial charge in [-0.15, -0.1) is 0 Å². The Morgan fingerprint density at radius 1 is 1.32 bits per heavy atom. The number of hydrogen-bond donors (Lipinski definition) is 2. The largest absolute Gasteiger partial charge is 0.496 e. The van der Waals surface area contributed by atoms with Crippen LogP contribution in [0.1, 0.15) is 11.1 Å². The normalized spacial score (nSPS) is 10.3. The van der Waals surface area contributed by atoms with Crippen LogP contribution in [0.25, 0.3) is 0 Å². The highest BCUT2D eigenvalue weighted by Crippen LogP contribution is 2.28. The van der Waals surface area contributed by atoms with Crippen LogP contribution >= 0.6 is 11.6 Å². The van der Waals surface area contributed by atoms with Crippen molar-refractivity contribution < 1.29 is 14.8 Å². The van der Waals surface area contributed by atoms with Crippen molar-refractivity contribution in [3.8, 4) is 5.75 Å². The second-order valence-electron chi connectivity index (χ2n) is 4.58. The molecule has 2 aromatic carbocycles. The fraction of sp³-hybridized carbons (Fsp3) is 0.200. The van der Waals surface area contributed by atoms with E-state index in [2.05, 4.69) is 5.32 Å². The molecule has 6 nitrogen and oxygen atoms in total. The first-order chi connectivity index (χ1) is 10.5. The van der Waals surface area contributed by atoms with E-state index in [4.69, 9.17) is 21.4 Å². The number of nitro benzene ring substituents is 1. The summed E-state index contributed by atoms with van der Waals surface area (Å²) in [4.78, 5) is 10.6. The standard InChI is InChI=1S/C15H15ClN2O4/c1-22-15-7-12(16)4-3-11(15)8-17-13-6-10(9-19)2-5-14(13)18(20)21/h2-7,17,19H,8-9H2,1H3. The monoisotopic (exact) mass is 322 g/mol. The van der Waals surface area contributed by atoms with Crippen LogP contribution in [0.3, 0.4) is 0 Å². The number of methoxy groups -OCH3 is 1. The van der Waals surface area contributed by atoms with Crippen molar-refractivity contribution in [1.82, 2.24) is 0 Å². The molecule has 0 spiro atoms. The van der Waals surface area contributed by atoms with E-state index in [-0.39, 0.29) is 12.3 Å². The SMILES string of the molecule is COc1cc(Cl)ccc1CNc1cc(CO)ccc1[N+](=O)[O-]. The van der Waals surface area contributed by atoms with Crippen molar-refractivity contribution in [3.63, 3.8) is 0 Å². The average Bonchev–Trinajstić information content (AvgIpc) is 2.52. The predicted molar refractivity (Wildman–Crippen MR) is 84.3 cm³/mol. The van der Waals surface area contributed by atoms with Gasteiger partial charge in [-0.2, -0.15) is 0 Å². The predicted octanol–water partition coefficient (Wildman–Crippen LogP) is 3.36. The van der Waals surface area contributed by atoms with Gasteiger partial charge >= 0.3 is 0 Å². The van der Waals surface area contributed by atoms with Gasteiger partial charge in [-0.05, 0) is 29.8 Å². The van der Waals surface area contributed by atoms with Crippen LogP contribution in [0.15, 0.2) is 36.4 Å². The maximum atomic E-state index is 11.1. The van der Waals surface area contributed by atoms with Gasteiger partial charge in [0.05, 0.1) is 18.6 Å². The minimum Gasteiger partial charge on any atom is -0.496 e. The molecule has 116 valence electrons. The number of halogens is 1. The topological polar surface area (TPSA) is 84.6 Å². The summed E-state index contributed by atoms with van der Waals surface area (Å²) < 4.78 is 5.24. The minimum atomic E-state index is -0.470. The van der Waals surface area contributed by atoms with E-state index >= 15 is 0 Å². The first-order valence-corrected chi connectivity index (χ1v) is 6.87. The lowest BCUT2D eigenvalue weighted by atomic mass is 10.1. The first kappa shape index (κ1) is 16.1. The summed E-state index contributed by atoms with van der Waals surface area (Å²) in [5.41, 5.74) is 1.70. The van der Waals surface area contributed by atoms with Crippen molar-refractivity contribution in [1.29, 1.82) is 0 Å². The third-order valence-electron chi connectivity index (χ3n) is 3.16. The van der Waals surface area contributed by atoms with Gasteiger partial charge in [-0.1, -0.05) is 17.7 Å². The molecular formula is C15H15ClN2O4. The second-order valence-corrected chi connectivity index (χ2v) is 5.01. The number of aliphatic hydroxyl groups excluding tert-OH is 1. The Morgan fingerprint density at radius 3 is 2.73 bits per heavy atom. The van der Waals surface area contributed by atoms with Crippen LogP contribution in [0.4, 0.5) is 11.4 Å². The van der Waals surface area contributed by atoms with Gasteiger partial charge in [-0.25, -0.2) is 0 Å². The third-order valence-corrected chi connectivity index (χ3v) is 3.39. The Labute approximate surface area is 132 Å². The highest BCUT2D eigenvalue weighted by molar-refractivity contribution is 6.30. The molecule has 0 aliphatic heterocycles. The molecule has 0 aliphatic rings. The molecule has 2 aromatic rings. The van der Waals surface area contributed by atoms with Gasteiger partial charge in [0, 0.05) is 23.2 Å². The Hall–Kier alpha value is -2.31. The highest BCUT2D eigenvalue weighted by Gasteiger charge is 2.14. The summed E-state index contributed by atoms with van der Waals surface area (Å²) in [5.74, 6) is 0.598. The number of nitrogens with one attached hydrogen (secondary N) is 1. The van der Waals surface area contributed by atoms with Crippen LogP contribution in [-0.4, -0.2) is 17.1 Å². The molecule has 0 fully saturated rings. The number of nitrogens with zero attached hydrogens (tertiary/aromatic N) is 1. The van der Waals surface area contributed by atoms with Gasteiger partial charge in [0.15, 0.2) is 0 Å². The zero-order valence-corrected chi connectivity index (χ0v) is 12.6. The van der Waals surface area contributed by atoms with E-state index in [0.717, 1.165) is 5.56 Å². The van der Waals surface area contributed by atoms with Gasteiger partial charge in [-0.3, -0.25) is 10.1 Å². The Balaban J connectivity index is 2.26. The van der Waals surface area contributed by atoms with Crippen molar-refractivity contribution in [3.05, 3.63) is 62.7 Å². The maximum Gasteiger partial charge on any atom is 0.292 e. The van der Waals surface area contributed by atoms with Crippen LogP contribution in [0.5, 0.6) is 5.75 Å². The lowest BCUT2D eigenvalue weighted by Gasteiger charge is -2.12. The molecule has 2 N–H and O–H groups in total. The molecule has 0 amide bonds. The van der Waals surface area contributed by atoms with Crippen LogP contribution < -0.4 is 10.1 Å². The highest BCUT2D eigenvalue weighted by atomic mass is 35.5. The first-order valence-electron chi connectivity index (χ1n) is 6.49. The maximum absolute atomic E-state index is 11.1. The summed E-state index contributed by atoms with van der Waals surface area (Å²) in [6, 6.07) is 9.63. The number of anilines is 1. The van der Waals surface area contributed by atoms with E-state index < -0.39 is 4.92 Å². The van der Waals surface area contributed by atoms with Gasteiger partial charge < -0.3 is 15.2 Å². The van der Waals surface area contributed by atoms with Crippen molar-refractivity contribution in [2.45, 2.75) is 13.2 Å². The van der Waals surface area contributed by atoms with E-state index in [1.165, 1.54) is 19.2 Å². The minimum absolute atomic E-state index is 0.0508. The number of rotatable bonds is 6. The van der Waals surface area contributed by atoms with E-state index in [1.807, 2.05) is 0 Å². The molecule has 2 rings (SSSR count). The fourth-order valence-corrected chi connectivity index (χ4v) is 2.20. The van der Waals surface area contributed by atoms with Crippen molar-refractivity contribution in [2.75, 3.05) is 12.4 Å². The summed E-state index contributed by atoms with van der Waals surface area (Å²) in [6.07, 6.45) is 0. The fourth-order valence-electron chi connectivity index (χ4n) is 2.04. The Morgan fingerprint density at radius 2 is 2.09 bits per heavy atom. The molecule has 0 heterocycles. The van der Waals surface area contributed by atoms with Gasteiger partial charge in [0.1, 0.15) is 11.4 Å². The summed E-state index contributed by atoms with van der Waals surface area (Å²) >= 11 is 5.90. The molecule has 0 aromatic heterocycles. The summed E-state index contributed by atoms with van der Waals surface area (Å²) in [6.45, 7) is 0.146. The van der Waals surface area contributed by atoms with Crippen molar-refractivity contribution >= 4 is 23.0 Å². The van der Waals surface area contributed by atoms with Crippen LogP contribution in [0, 0.1) is 10.1 Å². The molecule has 0 unspecified atom stereocenters. The average molecular weight is 323 g/mol. The van der Waals surface area contributed by atoms with Gasteiger partial charge in [0.25, 0.3) is 5.69 Å². The molecule has 0 atom stereocenters. The molecule has 0 radical (unpaired) electrons. The smallest absolute Gasteiger partial charge is 0.292 e. The zero-order chi connectivity index (χ0) is 16.1. The Kier molecular flexibility index (Phi) is 5.19. The number of aliphatic hydroxyl groups is 1. The molecule has 22 heavy (non-hydrogen) atoms.